The van der Waals surface area contributed by atoms with Crippen LogP contribution in [-0.2, 0) is 0 Å². The van der Waals surface area contributed by atoms with Gasteiger partial charge in [0.05, 0.1) is 11.3 Å². The number of halogens is 1. The summed E-state index contributed by atoms with van der Waals surface area (Å²) in [7, 11) is 0. The fourth-order valence-electron chi connectivity index (χ4n) is 2.19. The standard InChI is InChI=1S/C15H13ClN4O/c1-8-4-5-18-14(16)13(8)20-15(21)11-7-19-12-6-9(17)2-3-10(11)12/h2-7,19H,17H2,1H3,(H,20,21). The fourth-order valence-corrected chi connectivity index (χ4v) is 2.44. The molecule has 0 bridgehead atoms. The van der Waals surface area contributed by atoms with Gasteiger partial charge in [-0.1, -0.05) is 11.6 Å². The first-order valence-corrected chi connectivity index (χ1v) is 6.73. The number of nitrogen functional groups attached to an aromatic ring is 1. The number of carbonyl (C=O) groups excluding carboxylic acids is 1. The number of fused-ring (bicyclic) bond motifs is 1. The molecule has 21 heavy (non-hydrogen) atoms. The summed E-state index contributed by atoms with van der Waals surface area (Å²) in [5.41, 5.74) is 9.09. The molecule has 0 fully saturated rings. The molecule has 3 rings (SSSR count). The van der Waals surface area contributed by atoms with Gasteiger partial charge < -0.3 is 16.0 Å². The van der Waals surface area contributed by atoms with Gasteiger partial charge in [-0.15, -0.1) is 0 Å². The zero-order chi connectivity index (χ0) is 15.0. The van der Waals surface area contributed by atoms with Crippen molar-refractivity contribution in [3.05, 3.63) is 52.9 Å². The van der Waals surface area contributed by atoms with Crippen LogP contribution in [0.3, 0.4) is 0 Å². The number of anilines is 2. The van der Waals surface area contributed by atoms with Gasteiger partial charge in [0, 0.05) is 29.0 Å². The first-order valence-electron chi connectivity index (χ1n) is 6.35. The van der Waals surface area contributed by atoms with Crippen LogP contribution >= 0.6 is 11.6 Å². The van der Waals surface area contributed by atoms with E-state index in [9.17, 15) is 4.79 Å². The Kier molecular flexibility index (Phi) is 3.27. The number of nitrogens with zero attached hydrogens (tertiary/aromatic N) is 1. The van der Waals surface area contributed by atoms with Crippen LogP contribution in [0, 0.1) is 6.92 Å². The van der Waals surface area contributed by atoms with E-state index in [-0.39, 0.29) is 11.1 Å². The van der Waals surface area contributed by atoms with Crippen molar-refractivity contribution in [2.75, 3.05) is 11.1 Å². The lowest BCUT2D eigenvalue weighted by Crippen LogP contribution is -2.13. The van der Waals surface area contributed by atoms with Crippen LogP contribution in [0.15, 0.2) is 36.7 Å². The maximum absolute atomic E-state index is 12.4. The Morgan fingerprint density at radius 2 is 2.19 bits per heavy atom. The predicted octanol–water partition coefficient (Wildman–Crippen LogP) is 3.36. The van der Waals surface area contributed by atoms with Crippen molar-refractivity contribution < 1.29 is 4.79 Å². The molecule has 4 N–H and O–H groups in total. The molecule has 2 aromatic heterocycles. The fraction of sp³-hybridized carbons (Fsp3) is 0.0667. The zero-order valence-corrected chi connectivity index (χ0v) is 12.0. The van der Waals surface area contributed by atoms with Gasteiger partial charge in [0.1, 0.15) is 0 Å². The van der Waals surface area contributed by atoms with Crippen molar-refractivity contribution in [1.82, 2.24) is 9.97 Å². The number of benzene rings is 1. The molecule has 1 aromatic carbocycles. The number of amides is 1. The lowest BCUT2D eigenvalue weighted by molar-refractivity contribution is 0.102. The third-order valence-corrected chi connectivity index (χ3v) is 3.59. The second-order valence-corrected chi connectivity index (χ2v) is 5.11. The molecule has 6 heteroatoms. The molecule has 0 radical (unpaired) electrons. The summed E-state index contributed by atoms with van der Waals surface area (Å²) in [5.74, 6) is -0.246. The van der Waals surface area contributed by atoms with E-state index in [4.69, 9.17) is 17.3 Å². The summed E-state index contributed by atoms with van der Waals surface area (Å²) in [6.07, 6.45) is 3.25. The number of aromatic amines is 1. The summed E-state index contributed by atoms with van der Waals surface area (Å²) in [6.45, 7) is 1.86. The molecule has 0 saturated heterocycles. The minimum atomic E-state index is -0.246. The van der Waals surface area contributed by atoms with Gasteiger partial charge in [-0.2, -0.15) is 0 Å². The van der Waals surface area contributed by atoms with E-state index in [1.54, 1.807) is 30.6 Å². The third-order valence-electron chi connectivity index (χ3n) is 3.30. The molecule has 0 spiro atoms. The average molecular weight is 301 g/mol. The molecule has 2 heterocycles. The number of carbonyl (C=O) groups is 1. The highest BCUT2D eigenvalue weighted by atomic mass is 35.5. The number of hydrogen-bond donors (Lipinski definition) is 3. The lowest BCUT2D eigenvalue weighted by Gasteiger charge is -2.08. The Balaban J connectivity index is 1.98. The van der Waals surface area contributed by atoms with Crippen LogP contribution in [-0.4, -0.2) is 15.9 Å². The van der Waals surface area contributed by atoms with Gasteiger partial charge in [-0.3, -0.25) is 4.79 Å². The summed E-state index contributed by atoms with van der Waals surface area (Å²) < 4.78 is 0. The third kappa shape index (κ3) is 2.43. The maximum Gasteiger partial charge on any atom is 0.257 e. The molecule has 3 aromatic rings. The highest BCUT2D eigenvalue weighted by Crippen LogP contribution is 2.25. The topological polar surface area (TPSA) is 83.8 Å². The molecular weight excluding hydrogens is 288 g/mol. The van der Waals surface area contributed by atoms with Gasteiger partial charge in [0.2, 0.25) is 0 Å². The number of aromatic nitrogens is 2. The van der Waals surface area contributed by atoms with E-state index >= 15 is 0 Å². The van der Waals surface area contributed by atoms with Crippen molar-refractivity contribution >= 4 is 39.8 Å². The number of nitrogens with two attached hydrogens (primary N) is 1. The van der Waals surface area contributed by atoms with E-state index in [1.165, 1.54) is 0 Å². The lowest BCUT2D eigenvalue weighted by atomic mass is 10.1. The van der Waals surface area contributed by atoms with Crippen LogP contribution in [0.25, 0.3) is 10.9 Å². The van der Waals surface area contributed by atoms with E-state index in [0.29, 0.717) is 16.9 Å². The van der Waals surface area contributed by atoms with Crippen molar-refractivity contribution in [2.24, 2.45) is 0 Å². The van der Waals surface area contributed by atoms with Crippen LogP contribution in [0.2, 0.25) is 5.15 Å². The number of aryl methyl sites for hydroxylation is 1. The van der Waals surface area contributed by atoms with Crippen molar-refractivity contribution in [3.8, 4) is 0 Å². The van der Waals surface area contributed by atoms with Gasteiger partial charge in [0.15, 0.2) is 5.15 Å². The number of H-pyrrole nitrogens is 1. The smallest absolute Gasteiger partial charge is 0.257 e. The Hall–Kier alpha value is -2.53. The van der Waals surface area contributed by atoms with Crippen LogP contribution in [0.1, 0.15) is 15.9 Å². The molecule has 0 unspecified atom stereocenters. The first kappa shape index (κ1) is 13.5. The molecule has 0 aliphatic rings. The molecule has 0 atom stereocenters. The van der Waals surface area contributed by atoms with Gasteiger partial charge >= 0.3 is 0 Å². The summed E-state index contributed by atoms with van der Waals surface area (Å²) in [6, 6.07) is 7.15. The average Bonchev–Trinajstić information content (AvgIpc) is 2.85. The Labute approximate surface area is 126 Å². The summed E-state index contributed by atoms with van der Waals surface area (Å²) >= 11 is 6.02. The van der Waals surface area contributed by atoms with E-state index < -0.39 is 0 Å². The van der Waals surface area contributed by atoms with Crippen molar-refractivity contribution in [3.63, 3.8) is 0 Å². The van der Waals surface area contributed by atoms with Gasteiger partial charge in [-0.25, -0.2) is 4.98 Å². The highest BCUT2D eigenvalue weighted by molar-refractivity contribution is 6.33. The molecule has 0 aliphatic carbocycles. The maximum atomic E-state index is 12.4. The van der Waals surface area contributed by atoms with E-state index in [2.05, 4.69) is 15.3 Å². The minimum Gasteiger partial charge on any atom is -0.399 e. The molecular formula is C15H13ClN4O. The van der Waals surface area contributed by atoms with Gasteiger partial charge in [-0.05, 0) is 36.8 Å². The highest BCUT2D eigenvalue weighted by Gasteiger charge is 2.15. The molecule has 0 saturated carbocycles. The predicted molar refractivity (Wildman–Crippen MR) is 84.6 cm³/mol. The van der Waals surface area contributed by atoms with E-state index in [0.717, 1.165) is 16.5 Å². The molecule has 1 amide bonds. The molecule has 106 valence electrons. The monoisotopic (exact) mass is 300 g/mol. The SMILES string of the molecule is Cc1ccnc(Cl)c1NC(=O)c1c[nH]c2cc(N)ccc12. The van der Waals surface area contributed by atoms with Crippen LogP contribution < -0.4 is 11.1 Å². The molecule has 5 nitrogen and oxygen atoms in total. The minimum absolute atomic E-state index is 0.246. The summed E-state index contributed by atoms with van der Waals surface area (Å²) in [4.78, 5) is 19.4. The second kappa shape index (κ2) is 5.10. The number of hydrogen-bond acceptors (Lipinski definition) is 3. The second-order valence-electron chi connectivity index (χ2n) is 4.76. The summed E-state index contributed by atoms with van der Waals surface area (Å²) in [5, 5.41) is 3.88. The quantitative estimate of drug-likeness (QED) is 0.501. The Morgan fingerprint density at radius 3 is 2.95 bits per heavy atom. The first-order chi connectivity index (χ1) is 10.1. The molecule has 0 aliphatic heterocycles. The number of pyridine rings is 1. The zero-order valence-electron chi connectivity index (χ0n) is 11.3. The van der Waals surface area contributed by atoms with Crippen molar-refractivity contribution in [2.45, 2.75) is 6.92 Å². The largest absolute Gasteiger partial charge is 0.399 e. The van der Waals surface area contributed by atoms with Gasteiger partial charge in [0.25, 0.3) is 5.91 Å². The van der Waals surface area contributed by atoms with Crippen molar-refractivity contribution in [1.29, 1.82) is 0 Å². The van der Waals surface area contributed by atoms with Crippen LogP contribution in [0.4, 0.5) is 11.4 Å². The Morgan fingerprint density at radius 1 is 1.38 bits per heavy atom. The normalized spacial score (nSPS) is 10.8. The van der Waals surface area contributed by atoms with Crippen LogP contribution in [0.5, 0.6) is 0 Å². The number of rotatable bonds is 2. The Bertz CT molecular complexity index is 821. The number of nitrogens with one attached hydrogen (secondary N) is 2. The van der Waals surface area contributed by atoms with E-state index in [1.807, 2.05) is 13.0 Å².